The number of rotatable bonds is 9. The summed E-state index contributed by atoms with van der Waals surface area (Å²) in [5.74, 6) is 1.69. The molecule has 31 heavy (non-hydrogen) atoms. The van der Waals surface area contributed by atoms with Crippen molar-refractivity contribution in [1.29, 1.82) is 0 Å². The van der Waals surface area contributed by atoms with E-state index in [4.69, 9.17) is 9.47 Å². The summed E-state index contributed by atoms with van der Waals surface area (Å²) in [7, 11) is 0. The molecule has 0 unspecified atom stereocenters. The molecule has 6 nitrogen and oxygen atoms in total. The minimum atomic E-state index is -0.404. The average Bonchev–Trinajstić information content (AvgIpc) is 2.76. The molecule has 3 aromatic carbocycles. The number of nitrogens with one attached hydrogen (secondary N) is 2. The zero-order chi connectivity index (χ0) is 21.9. The second-order valence-electron chi connectivity index (χ2n) is 7.03. The molecule has 0 saturated heterocycles. The van der Waals surface area contributed by atoms with Gasteiger partial charge >= 0.3 is 6.03 Å². The van der Waals surface area contributed by atoms with Crippen molar-refractivity contribution in [2.75, 3.05) is 18.5 Å². The SMILES string of the molecule is Cc1cccc(C)c1OCCCOc1cccc(/C=N\NC(=O)Nc2ccccc2)c1. The number of hydrogen-bond acceptors (Lipinski definition) is 4. The van der Waals surface area contributed by atoms with Gasteiger partial charge in [0.25, 0.3) is 0 Å². The normalized spacial score (nSPS) is 10.6. The van der Waals surface area contributed by atoms with E-state index in [1.54, 1.807) is 18.3 Å². The fraction of sp³-hybridized carbons (Fsp3) is 0.200. The lowest BCUT2D eigenvalue weighted by atomic mass is 10.1. The van der Waals surface area contributed by atoms with E-state index in [2.05, 4.69) is 15.8 Å². The van der Waals surface area contributed by atoms with Gasteiger partial charge in [0.15, 0.2) is 0 Å². The molecule has 160 valence electrons. The Labute approximate surface area is 182 Å². The highest BCUT2D eigenvalue weighted by Crippen LogP contribution is 2.22. The van der Waals surface area contributed by atoms with Crippen LogP contribution in [0.25, 0.3) is 0 Å². The number of hydrogen-bond donors (Lipinski definition) is 2. The minimum absolute atomic E-state index is 0.404. The monoisotopic (exact) mass is 417 g/mol. The number of urea groups is 1. The van der Waals surface area contributed by atoms with Gasteiger partial charge in [0.2, 0.25) is 0 Å². The molecule has 2 amide bonds. The zero-order valence-electron chi connectivity index (χ0n) is 17.8. The van der Waals surface area contributed by atoms with Crippen LogP contribution in [0.2, 0.25) is 0 Å². The molecule has 0 bridgehead atoms. The Hall–Kier alpha value is -3.80. The van der Waals surface area contributed by atoms with Crippen molar-refractivity contribution in [2.45, 2.75) is 20.3 Å². The first-order chi connectivity index (χ1) is 15.1. The number of amides is 2. The van der Waals surface area contributed by atoms with E-state index < -0.39 is 6.03 Å². The van der Waals surface area contributed by atoms with E-state index in [1.165, 1.54) is 0 Å². The minimum Gasteiger partial charge on any atom is -0.493 e. The van der Waals surface area contributed by atoms with E-state index in [-0.39, 0.29) is 0 Å². The van der Waals surface area contributed by atoms with Gasteiger partial charge in [-0.15, -0.1) is 0 Å². The van der Waals surface area contributed by atoms with Crippen LogP contribution in [0, 0.1) is 13.8 Å². The van der Waals surface area contributed by atoms with Crippen molar-refractivity contribution in [2.24, 2.45) is 5.10 Å². The maximum Gasteiger partial charge on any atom is 0.339 e. The molecule has 0 spiro atoms. The van der Waals surface area contributed by atoms with Gasteiger partial charge in [-0.2, -0.15) is 5.10 Å². The van der Waals surface area contributed by atoms with Crippen LogP contribution in [-0.4, -0.2) is 25.5 Å². The lowest BCUT2D eigenvalue weighted by Gasteiger charge is -2.12. The Kier molecular flexibility index (Phi) is 8.05. The first kappa shape index (κ1) is 21.9. The molecule has 0 fully saturated rings. The summed E-state index contributed by atoms with van der Waals surface area (Å²) < 4.78 is 11.7. The Bertz CT molecular complexity index is 999. The van der Waals surface area contributed by atoms with E-state index in [0.717, 1.165) is 34.6 Å². The molecule has 0 radical (unpaired) electrons. The number of carbonyl (C=O) groups is 1. The van der Waals surface area contributed by atoms with Gasteiger partial charge < -0.3 is 14.8 Å². The Morgan fingerprint density at radius 2 is 1.61 bits per heavy atom. The highest BCUT2D eigenvalue weighted by Gasteiger charge is 2.03. The van der Waals surface area contributed by atoms with Crippen molar-refractivity contribution < 1.29 is 14.3 Å². The van der Waals surface area contributed by atoms with E-state index >= 15 is 0 Å². The highest BCUT2D eigenvalue weighted by molar-refractivity contribution is 5.90. The zero-order valence-corrected chi connectivity index (χ0v) is 17.8. The molecule has 0 aliphatic carbocycles. The first-order valence-corrected chi connectivity index (χ1v) is 10.2. The quantitative estimate of drug-likeness (QED) is 0.282. The number of hydrazone groups is 1. The molecule has 0 aromatic heterocycles. The summed E-state index contributed by atoms with van der Waals surface area (Å²) in [6.07, 6.45) is 2.34. The van der Waals surface area contributed by atoms with E-state index in [1.807, 2.05) is 74.5 Å². The number of ether oxygens (including phenoxy) is 2. The van der Waals surface area contributed by atoms with Gasteiger partial charge in [0, 0.05) is 12.1 Å². The molecule has 0 aliphatic rings. The number of anilines is 1. The second kappa shape index (κ2) is 11.4. The van der Waals surface area contributed by atoms with Crippen LogP contribution < -0.4 is 20.2 Å². The van der Waals surface area contributed by atoms with Crippen molar-refractivity contribution in [1.82, 2.24) is 5.43 Å². The molecular formula is C25H27N3O3. The van der Waals surface area contributed by atoms with Gasteiger partial charge in [0.1, 0.15) is 11.5 Å². The number of nitrogens with zero attached hydrogens (tertiary/aromatic N) is 1. The van der Waals surface area contributed by atoms with Gasteiger partial charge in [-0.25, -0.2) is 10.2 Å². The first-order valence-electron chi connectivity index (χ1n) is 10.2. The average molecular weight is 418 g/mol. The van der Waals surface area contributed by atoms with Crippen LogP contribution in [0.5, 0.6) is 11.5 Å². The number of benzene rings is 3. The summed E-state index contributed by atoms with van der Waals surface area (Å²) in [5, 5.41) is 6.67. The third-order valence-corrected chi connectivity index (χ3v) is 4.48. The smallest absolute Gasteiger partial charge is 0.339 e. The van der Waals surface area contributed by atoms with Crippen LogP contribution in [-0.2, 0) is 0 Å². The van der Waals surface area contributed by atoms with Crippen LogP contribution in [0.4, 0.5) is 10.5 Å². The molecule has 3 aromatic rings. The lowest BCUT2D eigenvalue weighted by molar-refractivity contribution is 0.245. The largest absolute Gasteiger partial charge is 0.493 e. The molecule has 0 heterocycles. The van der Waals surface area contributed by atoms with E-state index in [0.29, 0.717) is 18.9 Å². The van der Waals surface area contributed by atoms with Crippen LogP contribution in [0.15, 0.2) is 77.9 Å². The molecule has 2 N–H and O–H groups in total. The second-order valence-corrected chi connectivity index (χ2v) is 7.03. The van der Waals surface area contributed by atoms with E-state index in [9.17, 15) is 4.79 Å². The molecule has 6 heteroatoms. The maximum atomic E-state index is 11.8. The summed E-state index contributed by atoms with van der Waals surface area (Å²) in [6, 6.07) is 22.4. The number of aryl methyl sites for hydroxylation is 2. The molecule has 0 aliphatic heterocycles. The topological polar surface area (TPSA) is 72.0 Å². The number of carbonyl (C=O) groups excluding carboxylic acids is 1. The van der Waals surface area contributed by atoms with Gasteiger partial charge in [0.05, 0.1) is 19.4 Å². The van der Waals surface area contributed by atoms with Gasteiger partial charge in [-0.05, 0) is 54.8 Å². The Morgan fingerprint density at radius 3 is 2.39 bits per heavy atom. The fourth-order valence-corrected chi connectivity index (χ4v) is 2.98. The Balaban J connectivity index is 1.40. The van der Waals surface area contributed by atoms with Crippen molar-refractivity contribution >= 4 is 17.9 Å². The third kappa shape index (κ3) is 7.19. The lowest BCUT2D eigenvalue weighted by Crippen LogP contribution is -2.24. The maximum absolute atomic E-state index is 11.8. The molecule has 0 atom stereocenters. The number of para-hydroxylation sites is 2. The Morgan fingerprint density at radius 1 is 0.903 bits per heavy atom. The molecule has 0 saturated carbocycles. The third-order valence-electron chi connectivity index (χ3n) is 4.48. The van der Waals surface area contributed by atoms with Gasteiger partial charge in [-0.1, -0.05) is 48.5 Å². The van der Waals surface area contributed by atoms with Crippen LogP contribution >= 0.6 is 0 Å². The van der Waals surface area contributed by atoms with Crippen LogP contribution in [0.1, 0.15) is 23.1 Å². The predicted molar refractivity (Wildman–Crippen MR) is 124 cm³/mol. The van der Waals surface area contributed by atoms with Crippen molar-refractivity contribution in [3.05, 3.63) is 89.5 Å². The van der Waals surface area contributed by atoms with Crippen LogP contribution in [0.3, 0.4) is 0 Å². The molecule has 3 rings (SSSR count). The van der Waals surface area contributed by atoms with Crippen molar-refractivity contribution in [3.8, 4) is 11.5 Å². The molecular weight excluding hydrogens is 390 g/mol. The van der Waals surface area contributed by atoms with Crippen molar-refractivity contribution in [3.63, 3.8) is 0 Å². The summed E-state index contributed by atoms with van der Waals surface area (Å²) in [4.78, 5) is 11.8. The van der Waals surface area contributed by atoms with Gasteiger partial charge in [-0.3, -0.25) is 0 Å². The fourth-order valence-electron chi connectivity index (χ4n) is 2.98. The standard InChI is InChI=1S/C25H27N3O3/c1-19-9-6-10-20(2)24(19)31-16-8-15-30-23-14-7-11-21(17-23)18-26-28-25(29)27-22-12-4-3-5-13-22/h3-7,9-14,17-18H,8,15-16H2,1-2H3,(H2,27,28,29)/b26-18-. The highest BCUT2D eigenvalue weighted by atomic mass is 16.5. The summed E-state index contributed by atoms with van der Waals surface area (Å²) in [5.41, 5.74) is 6.25. The predicted octanol–water partition coefficient (Wildman–Crippen LogP) is 5.31. The summed E-state index contributed by atoms with van der Waals surface area (Å²) in [6.45, 7) is 5.23. The summed E-state index contributed by atoms with van der Waals surface area (Å²) >= 11 is 0.